The molecule has 0 unspecified atom stereocenters. The van der Waals surface area contributed by atoms with Crippen LogP contribution in [0, 0.1) is 13.8 Å². The maximum atomic E-state index is 12.2. The molecule has 3 aromatic rings. The number of benzene rings is 2. The molecule has 25 heavy (non-hydrogen) atoms. The number of hydrogen-bond acceptors (Lipinski definition) is 4. The Hall–Kier alpha value is -2.95. The minimum atomic E-state index is -0.286. The van der Waals surface area contributed by atoms with Gasteiger partial charge in [0, 0.05) is 17.5 Å². The molecule has 1 amide bonds. The van der Waals surface area contributed by atoms with Crippen molar-refractivity contribution >= 4 is 22.5 Å². The fourth-order valence-electron chi connectivity index (χ4n) is 2.97. The molecule has 0 aliphatic rings. The highest BCUT2D eigenvalue weighted by Crippen LogP contribution is 2.32. The summed E-state index contributed by atoms with van der Waals surface area (Å²) in [6, 6.07) is 12.1. The number of amides is 1. The molecule has 3 rings (SSSR count). The number of nitrogens with zero attached hydrogens (tertiary/aromatic N) is 2. The van der Waals surface area contributed by atoms with Crippen LogP contribution in [0.4, 0.5) is 5.69 Å². The molecule has 0 bridgehead atoms. The summed E-state index contributed by atoms with van der Waals surface area (Å²) in [6.45, 7) is 6.72. The smallest absolute Gasteiger partial charge is 0.273 e. The number of nitrogens with one attached hydrogen (secondary N) is 1. The molecule has 0 aliphatic heterocycles. The zero-order valence-corrected chi connectivity index (χ0v) is 14.8. The van der Waals surface area contributed by atoms with Crippen molar-refractivity contribution in [2.45, 2.75) is 27.2 Å². The van der Waals surface area contributed by atoms with Gasteiger partial charge in [-0.2, -0.15) is 0 Å². The van der Waals surface area contributed by atoms with Crippen LogP contribution < -0.4 is 11.1 Å². The van der Waals surface area contributed by atoms with Crippen molar-refractivity contribution in [2.24, 2.45) is 0 Å². The molecule has 1 heterocycles. The Morgan fingerprint density at radius 3 is 2.64 bits per heavy atom. The van der Waals surface area contributed by atoms with E-state index in [1.807, 2.05) is 25.1 Å². The molecule has 1 aromatic heterocycles. The van der Waals surface area contributed by atoms with E-state index in [2.05, 4.69) is 47.6 Å². The number of nitrogens with two attached hydrogens (primary N) is 1. The van der Waals surface area contributed by atoms with Crippen LogP contribution in [0.25, 0.3) is 22.0 Å². The summed E-state index contributed by atoms with van der Waals surface area (Å²) in [6.07, 6.45) is 0.851. The van der Waals surface area contributed by atoms with Gasteiger partial charge in [0.2, 0.25) is 0 Å². The zero-order valence-electron chi connectivity index (χ0n) is 14.8. The number of carbonyl (C=O) groups excluding carboxylic acids is 1. The summed E-state index contributed by atoms with van der Waals surface area (Å²) >= 11 is 0. The minimum Gasteiger partial charge on any atom is -0.396 e. The van der Waals surface area contributed by atoms with Crippen molar-refractivity contribution in [3.63, 3.8) is 0 Å². The van der Waals surface area contributed by atoms with Crippen LogP contribution >= 0.6 is 0 Å². The monoisotopic (exact) mass is 334 g/mol. The van der Waals surface area contributed by atoms with E-state index in [0.29, 0.717) is 17.7 Å². The van der Waals surface area contributed by atoms with E-state index in [1.54, 1.807) is 0 Å². The van der Waals surface area contributed by atoms with Gasteiger partial charge in [-0.3, -0.25) is 4.79 Å². The molecule has 0 saturated carbocycles. The van der Waals surface area contributed by atoms with E-state index in [9.17, 15) is 4.79 Å². The summed E-state index contributed by atoms with van der Waals surface area (Å²) in [7, 11) is 0. The first-order chi connectivity index (χ1) is 12.0. The predicted octanol–water partition coefficient (Wildman–Crippen LogP) is 3.64. The lowest BCUT2D eigenvalue weighted by Gasteiger charge is -2.12. The molecule has 5 nitrogen and oxygen atoms in total. The lowest BCUT2D eigenvalue weighted by molar-refractivity contribution is 0.0949. The number of rotatable bonds is 4. The third-order valence-electron chi connectivity index (χ3n) is 4.25. The first kappa shape index (κ1) is 16.9. The Labute approximate surface area is 147 Å². The third-order valence-corrected chi connectivity index (χ3v) is 4.25. The van der Waals surface area contributed by atoms with Gasteiger partial charge >= 0.3 is 0 Å². The van der Waals surface area contributed by atoms with Gasteiger partial charge in [-0.25, -0.2) is 0 Å². The van der Waals surface area contributed by atoms with E-state index >= 15 is 0 Å². The number of hydrogen-bond donors (Lipinski definition) is 2. The highest BCUT2D eigenvalue weighted by Gasteiger charge is 2.17. The summed E-state index contributed by atoms with van der Waals surface area (Å²) in [5.74, 6) is -0.286. The van der Waals surface area contributed by atoms with E-state index in [1.165, 1.54) is 5.56 Å². The van der Waals surface area contributed by atoms with Crippen LogP contribution in [0.15, 0.2) is 36.4 Å². The molecule has 0 fully saturated rings. The van der Waals surface area contributed by atoms with Crippen molar-refractivity contribution in [3.05, 3.63) is 53.2 Å². The second-order valence-corrected chi connectivity index (χ2v) is 6.24. The van der Waals surface area contributed by atoms with E-state index in [4.69, 9.17) is 5.73 Å². The van der Waals surface area contributed by atoms with Crippen molar-refractivity contribution in [3.8, 4) is 11.1 Å². The Balaban J connectivity index is 2.14. The van der Waals surface area contributed by atoms with Gasteiger partial charge in [0.15, 0.2) is 5.69 Å². The second-order valence-electron chi connectivity index (χ2n) is 6.24. The highest BCUT2D eigenvalue weighted by molar-refractivity contribution is 6.07. The number of fused-ring (bicyclic) bond motifs is 1. The van der Waals surface area contributed by atoms with Crippen molar-refractivity contribution in [2.75, 3.05) is 12.3 Å². The number of anilines is 1. The number of nitrogen functional groups attached to an aromatic ring is 1. The molecule has 0 saturated heterocycles. The maximum Gasteiger partial charge on any atom is 0.273 e. The normalized spacial score (nSPS) is 10.8. The highest BCUT2D eigenvalue weighted by atomic mass is 16.1. The topological polar surface area (TPSA) is 80.9 Å². The minimum absolute atomic E-state index is 0.179. The summed E-state index contributed by atoms with van der Waals surface area (Å²) in [4.78, 5) is 12.2. The van der Waals surface area contributed by atoms with E-state index in [-0.39, 0.29) is 11.6 Å². The van der Waals surface area contributed by atoms with Crippen molar-refractivity contribution < 1.29 is 4.79 Å². The van der Waals surface area contributed by atoms with E-state index < -0.39 is 0 Å². The molecule has 0 atom stereocenters. The van der Waals surface area contributed by atoms with Gasteiger partial charge in [-0.15, -0.1) is 10.2 Å². The summed E-state index contributed by atoms with van der Waals surface area (Å²) in [5, 5.41) is 12.0. The van der Waals surface area contributed by atoms with Crippen molar-refractivity contribution in [1.82, 2.24) is 15.5 Å². The second kappa shape index (κ2) is 6.89. The van der Waals surface area contributed by atoms with Gasteiger partial charge in [0.25, 0.3) is 5.91 Å². The molecule has 2 aromatic carbocycles. The molecule has 5 heteroatoms. The largest absolute Gasteiger partial charge is 0.396 e. The fourth-order valence-corrected chi connectivity index (χ4v) is 2.97. The average molecular weight is 334 g/mol. The Morgan fingerprint density at radius 1 is 1.12 bits per heavy atom. The lowest BCUT2D eigenvalue weighted by atomic mass is 9.96. The zero-order chi connectivity index (χ0) is 18.0. The maximum absolute atomic E-state index is 12.2. The van der Waals surface area contributed by atoms with E-state index in [0.717, 1.165) is 28.5 Å². The first-order valence-electron chi connectivity index (χ1n) is 8.43. The van der Waals surface area contributed by atoms with Crippen molar-refractivity contribution in [1.29, 1.82) is 0 Å². The SMILES string of the molecule is CCCNC(=O)c1nnc2c(-c3ccc(C)cc3C)cccc2c1N. The molecule has 0 spiro atoms. The molecular formula is C20H22N4O. The molecule has 128 valence electrons. The summed E-state index contributed by atoms with van der Waals surface area (Å²) < 4.78 is 0. The molecule has 0 aliphatic carbocycles. The Morgan fingerprint density at radius 2 is 1.92 bits per heavy atom. The lowest BCUT2D eigenvalue weighted by Crippen LogP contribution is -2.26. The molecule has 3 N–H and O–H groups in total. The van der Waals surface area contributed by atoms with Crippen LogP contribution in [0.1, 0.15) is 35.0 Å². The first-order valence-corrected chi connectivity index (χ1v) is 8.43. The van der Waals surface area contributed by atoms with Gasteiger partial charge in [-0.1, -0.05) is 48.9 Å². The summed E-state index contributed by atoms with van der Waals surface area (Å²) in [5.41, 5.74) is 11.9. The van der Waals surface area contributed by atoms with Gasteiger partial charge < -0.3 is 11.1 Å². The van der Waals surface area contributed by atoms with Crippen LogP contribution in [0.3, 0.4) is 0 Å². The fraction of sp³-hybridized carbons (Fsp3) is 0.250. The third kappa shape index (κ3) is 3.18. The number of carbonyl (C=O) groups is 1. The average Bonchev–Trinajstić information content (AvgIpc) is 2.60. The van der Waals surface area contributed by atoms with Crippen LogP contribution in [-0.2, 0) is 0 Å². The standard InChI is InChI=1S/C20H22N4O/c1-4-10-22-20(25)19-17(21)16-7-5-6-15(18(16)23-24-19)14-9-8-12(2)11-13(14)3/h5-9,11H,4,10H2,1-3H3,(H2,21,23)(H,22,25). The number of aryl methyl sites for hydroxylation is 2. The Kier molecular flexibility index (Phi) is 4.65. The van der Waals surface area contributed by atoms with Crippen LogP contribution in [0.2, 0.25) is 0 Å². The quantitative estimate of drug-likeness (QED) is 0.763. The van der Waals surface area contributed by atoms with Crippen LogP contribution in [-0.4, -0.2) is 22.6 Å². The van der Waals surface area contributed by atoms with Gasteiger partial charge in [-0.05, 0) is 31.4 Å². The molecular weight excluding hydrogens is 312 g/mol. The predicted molar refractivity (Wildman–Crippen MR) is 101 cm³/mol. The Bertz CT molecular complexity index is 950. The van der Waals surface area contributed by atoms with Crippen LogP contribution in [0.5, 0.6) is 0 Å². The van der Waals surface area contributed by atoms with Gasteiger partial charge in [0.05, 0.1) is 5.69 Å². The van der Waals surface area contributed by atoms with Gasteiger partial charge in [0.1, 0.15) is 5.52 Å². The number of aromatic nitrogens is 2. The molecule has 0 radical (unpaired) electrons.